The minimum atomic E-state index is -0.485. The van der Waals surface area contributed by atoms with Crippen LogP contribution in [0.25, 0.3) is 0 Å². The summed E-state index contributed by atoms with van der Waals surface area (Å²) in [7, 11) is 0. The molecule has 0 atom stereocenters. The first-order valence-electron chi connectivity index (χ1n) is 8.70. The molecule has 0 N–H and O–H groups in total. The highest BCUT2D eigenvalue weighted by Gasteiger charge is 2.38. The van der Waals surface area contributed by atoms with Crippen LogP contribution in [0.2, 0.25) is 5.02 Å². The van der Waals surface area contributed by atoms with Crippen LogP contribution in [0.15, 0.2) is 108 Å². The molecule has 0 saturated carbocycles. The van der Waals surface area contributed by atoms with Gasteiger partial charge in [-0.15, -0.1) is 0 Å². The van der Waals surface area contributed by atoms with Gasteiger partial charge in [0, 0.05) is 11.2 Å². The largest absolute Gasteiger partial charge is 0.249 e. The maximum atomic E-state index is 6.20. The molecule has 0 aliphatic heterocycles. The molecule has 1 aromatic heterocycles. The molecule has 4 aromatic rings. The van der Waals surface area contributed by atoms with Crippen molar-refractivity contribution < 1.29 is 0 Å². The molecular formula is C24H17BrClN. The smallest absolute Gasteiger partial charge is 0.106 e. The second kappa shape index (κ2) is 7.67. The number of hydrogen-bond donors (Lipinski definition) is 0. The van der Waals surface area contributed by atoms with Gasteiger partial charge in [0.2, 0.25) is 0 Å². The number of aromatic nitrogens is 1. The second-order valence-corrected chi connectivity index (χ2v) is 7.61. The van der Waals surface area contributed by atoms with Gasteiger partial charge in [-0.25, -0.2) is 4.98 Å². The Morgan fingerprint density at radius 2 is 1.07 bits per heavy atom. The van der Waals surface area contributed by atoms with Crippen LogP contribution in [0.3, 0.4) is 0 Å². The fraction of sp³-hybridized carbons (Fsp3) is 0.0417. The monoisotopic (exact) mass is 433 g/mol. The molecule has 0 spiro atoms. The lowest BCUT2D eigenvalue weighted by molar-refractivity contribution is 0.739. The summed E-state index contributed by atoms with van der Waals surface area (Å²) in [6.45, 7) is 0. The van der Waals surface area contributed by atoms with E-state index in [1.54, 1.807) is 0 Å². The summed E-state index contributed by atoms with van der Waals surface area (Å²) in [6, 6.07) is 33.3. The fourth-order valence-electron chi connectivity index (χ4n) is 3.67. The molecule has 3 heteroatoms. The number of nitrogens with zero attached hydrogens (tertiary/aromatic N) is 1. The fourth-order valence-corrected chi connectivity index (χ4v) is 4.03. The SMILES string of the molecule is Clc1ccc(C(c2ccccc2)(c2ccccc2)c2ccc(Br)nc2)cc1. The third-order valence-corrected chi connectivity index (χ3v) is 5.57. The minimum absolute atomic E-state index is 0.485. The Hall–Kier alpha value is -2.42. The molecular weight excluding hydrogens is 418 g/mol. The predicted molar refractivity (Wildman–Crippen MR) is 115 cm³/mol. The molecule has 132 valence electrons. The van der Waals surface area contributed by atoms with Gasteiger partial charge in [-0.2, -0.15) is 0 Å². The molecule has 4 rings (SSSR count). The van der Waals surface area contributed by atoms with Gasteiger partial charge in [-0.05, 0) is 56.4 Å². The topological polar surface area (TPSA) is 12.9 Å². The van der Waals surface area contributed by atoms with Gasteiger partial charge in [0.25, 0.3) is 0 Å². The van der Waals surface area contributed by atoms with Crippen LogP contribution in [0.4, 0.5) is 0 Å². The van der Waals surface area contributed by atoms with Crippen LogP contribution in [0.5, 0.6) is 0 Å². The predicted octanol–water partition coefficient (Wildman–Crippen LogP) is 6.88. The average molecular weight is 435 g/mol. The first-order chi connectivity index (χ1) is 13.2. The third-order valence-electron chi connectivity index (χ3n) is 4.85. The van der Waals surface area contributed by atoms with Crippen LogP contribution < -0.4 is 0 Å². The molecule has 0 fully saturated rings. The van der Waals surface area contributed by atoms with E-state index in [9.17, 15) is 0 Å². The maximum Gasteiger partial charge on any atom is 0.106 e. The van der Waals surface area contributed by atoms with Crippen LogP contribution in [-0.2, 0) is 5.41 Å². The highest BCUT2D eigenvalue weighted by molar-refractivity contribution is 9.10. The van der Waals surface area contributed by atoms with Crippen molar-refractivity contribution in [2.24, 2.45) is 0 Å². The van der Waals surface area contributed by atoms with Gasteiger partial charge in [0.1, 0.15) is 4.60 Å². The number of hydrogen-bond acceptors (Lipinski definition) is 1. The Labute approximate surface area is 172 Å². The molecule has 3 aromatic carbocycles. The zero-order valence-electron chi connectivity index (χ0n) is 14.5. The molecule has 0 radical (unpaired) electrons. The number of halogens is 2. The van der Waals surface area contributed by atoms with E-state index in [1.165, 1.54) is 11.1 Å². The van der Waals surface area contributed by atoms with Crippen molar-refractivity contribution in [2.45, 2.75) is 5.41 Å². The summed E-state index contributed by atoms with van der Waals surface area (Å²) < 4.78 is 0.817. The average Bonchev–Trinajstić information content (AvgIpc) is 2.73. The first kappa shape index (κ1) is 18.0. The Balaban J connectivity index is 2.11. The zero-order chi connectivity index (χ0) is 18.7. The number of rotatable bonds is 4. The van der Waals surface area contributed by atoms with Crippen LogP contribution in [0.1, 0.15) is 22.3 Å². The molecule has 0 saturated heterocycles. The van der Waals surface area contributed by atoms with Gasteiger partial charge >= 0.3 is 0 Å². The van der Waals surface area contributed by atoms with Crippen molar-refractivity contribution in [2.75, 3.05) is 0 Å². The Morgan fingerprint density at radius 3 is 1.56 bits per heavy atom. The summed E-state index contributed by atoms with van der Waals surface area (Å²) >= 11 is 9.66. The number of benzene rings is 3. The van der Waals surface area contributed by atoms with E-state index in [-0.39, 0.29) is 0 Å². The molecule has 1 heterocycles. The lowest BCUT2D eigenvalue weighted by Gasteiger charge is -2.36. The van der Waals surface area contributed by atoms with Crippen molar-refractivity contribution >= 4 is 27.5 Å². The first-order valence-corrected chi connectivity index (χ1v) is 9.87. The molecule has 0 bridgehead atoms. The van der Waals surface area contributed by atoms with Crippen molar-refractivity contribution in [3.63, 3.8) is 0 Å². The van der Waals surface area contributed by atoms with Gasteiger partial charge in [0.15, 0.2) is 0 Å². The molecule has 0 aliphatic rings. The van der Waals surface area contributed by atoms with E-state index in [0.717, 1.165) is 20.8 Å². The van der Waals surface area contributed by atoms with Crippen molar-refractivity contribution in [3.05, 3.63) is 135 Å². The molecule has 0 amide bonds. The normalized spacial score (nSPS) is 11.3. The van der Waals surface area contributed by atoms with Gasteiger partial charge in [0.05, 0.1) is 5.41 Å². The molecule has 1 nitrogen and oxygen atoms in total. The van der Waals surface area contributed by atoms with E-state index < -0.39 is 5.41 Å². The zero-order valence-corrected chi connectivity index (χ0v) is 16.9. The highest BCUT2D eigenvalue weighted by atomic mass is 79.9. The van der Waals surface area contributed by atoms with Crippen LogP contribution >= 0.6 is 27.5 Å². The quantitative estimate of drug-likeness (QED) is 0.252. The van der Waals surface area contributed by atoms with E-state index in [0.29, 0.717) is 0 Å². The summed E-state index contributed by atoms with van der Waals surface area (Å²) in [5.41, 5.74) is 4.13. The molecule has 0 unspecified atom stereocenters. The summed E-state index contributed by atoms with van der Waals surface area (Å²) in [4.78, 5) is 4.53. The highest BCUT2D eigenvalue weighted by Crippen LogP contribution is 2.45. The van der Waals surface area contributed by atoms with E-state index in [4.69, 9.17) is 11.6 Å². The lowest BCUT2D eigenvalue weighted by Crippen LogP contribution is -2.31. The number of pyridine rings is 1. The van der Waals surface area contributed by atoms with Gasteiger partial charge < -0.3 is 0 Å². The third kappa shape index (κ3) is 3.31. The van der Waals surface area contributed by atoms with Crippen LogP contribution in [0, 0.1) is 0 Å². The lowest BCUT2D eigenvalue weighted by atomic mass is 9.65. The van der Waals surface area contributed by atoms with E-state index in [1.807, 2.05) is 36.5 Å². The summed E-state index contributed by atoms with van der Waals surface area (Å²) in [5, 5.41) is 0.725. The standard InChI is InChI=1S/C24H17BrClN/c25-23-16-13-21(17-27-23)24(18-7-3-1-4-8-18,19-9-5-2-6-10-19)20-11-14-22(26)15-12-20/h1-17H. The Bertz CT molecular complexity index is 926. The van der Waals surface area contributed by atoms with Gasteiger partial charge in [-0.3, -0.25) is 0 Å². The summed E-state index contributed by atoms with van der Waals surface area (Å²) in [5.74, 6) is 0. The van der Waals surface area contributed by atoms with E-state index in [2.05, 4.69) is 87.6 Å². The second-order valence-electron chi connectivity index (χ2n) is 6.36. The van der Waals surface area contributed by atoms with Crippen molar-refractivity contribution in [1.29, 1.82) is 0 Å². The maximum absolute atomic E-state index is 6.20. The molecule has 27 heavy (non-hydrogen) atoms. The molecule has 0 aliphatic carbocycles. The summed E-state index contributed by atoms with van der Waals surface area (Å²) in [6.07, 6.45) is 1.94. The van der Waals surface area contributed by atoms with Crippen LogP contribution in [-0.4, -0.2) is 4.98 Å². The minimum Gasteiger partial charge on any atom is -0.249 e. The Morgan fingerprint density at radius 1 is 0.593 bits per heavy atom. The van der Waals surface area contributed by atoms with Crippen molar-refractivity contribution in [1.82, 2.24) is 4.98 Å². The Kier molecular flexibility index (Phi) is 5.11. The van der Waals surface area contributed by atoms with Gasteiger partial charge in [-0.1, -0.05) is 90.5 Å². The van der Waals surface area contributed by atoms with E-state index >= 15 is 0 Å². The van der Waals surface area contributed by atoms with Crippen molar-refractivity contribution in [3.8, 4) is 0 Å².